The average Bonchev–Trinajstić information content (AvgIpc) is 2.22. The maximum atomic E-state index is 4.37. The second-order valence-corrected chi connectivity index (χ2v) is 6.33. The molecule has 0 aromatic carbocycles. The van der Waals surface area contributed by atoms with E-state index in [-0.39, 0.29) is 4.87 Å². The maximum Gasteiger partial charge on any atom is 0.121 e. The predicted molar refractivity (Wildman–Crippen MR) is 74.3 cm³/mol. The number of thioether (sulfide) groups is 1. The Morgan fingerprint density at radius 2 is 1.75 bits per heavy atom. The van der Waals surface area contributed by atoms with Crippen LogP contribution in [-0.4, -0.2) is 41.2 Å². The van der Waals surface area contributed by atoms with Crippen molar-refractivity contribution < 1.29 is 0 Å². The fraction of sp³-hybridized carbons (Fsp3) is 1.00. The molecule has 0 radical (unpaired) electrons. The zero-order valence-corrected chi connectivity index (χ0v) is 12.5. The van der Waals surface area contributed by atoms with Gasteiger partial charge in [-0.1, -0.05) is 13.8 Å². The van der Waals surface area contributed by atoms with Crippen LogP contribution >= 0.6 is 11.8 Å². The monoisotopic (exact) mass is 245 g/mol. The molecule has 0 aromatic rings. The molecule has 0 aliphatic carbocycles. The van der Waals surface area contributed by atoms with Gasteiger partial charge in [-0.25, -0.2) is 0 Å². The third kappa shape index (κ3) is 8.11. The molecule has 0 amide bonds. The predicted octanol–water partition coefficient (Wildman–Crippen LogP) is 3.66. The van der Waals surface area contributed by atoms with Crippen LogP contribution in [0.4, 0.5) is 0 Å². The summed E-state index contributed by atoms with van der Waals surface area (Å²) >= 11 is 1.88. The van der Waals surface area contributed by atoms with Crippen molar-refractivity contribution in [2.24, 2.45) is 10.2 Å². The van der Waals surface area contributed by atoms with E-state index in [9.17, 15) is 0 Å². The largest absolute Gasteiger partial charge is 0.303 e. The molecule has 0 aliphatic heterocycles. The highest BCUT2D eigenvalue weighted by Gasteiger charge is 2.17. The Morgan fingerprint density at radius 1 is 1.19 bits per heavy atom. The maximum absolute atomic E-state index is 4.37. The van der Waals surface area contributed by atoms with Crippen LogP contribution in [0.3, 0.4) is 0 Å². The van der Waals surface area contributed by atoms with Crippen LogP contribution in [0.1, 0.15) is 41.5 Å². The lowest BCUT2D eigenvalue weighted by Crippen LogP contribution is -2.26. The molecule has 16 heavy (non-hydrogen) atoms. The Hall–Kier alpha value is -0.0900. The second-order valence-electron chi connectivity index (χ2n) is 4.63. The van der Waals surface area contributed by atoms with E-state index in [1.807, 2.05) is 11.8 Å². The first-order chi connectivity index (χ1) is 7.41. The van der Waals surface area contributed by atoms with Gasteiger partial charge >= 0.3 is 0 Å². The van der Waals surface area contributed by atoms with Gasteiger partial charge < -0.3 is 4.90 Å². The Labute approximate surface area is 105 Å². The zero-order chi connectivity index (χ0) is 12.6. The first-order valence-corrected chi connectivity index (χ1v) is 7.18. The molecule has 0 bridgehead atoms. The van der Waals surface area contributed by atoms with Crippen molar-refractivity contribution in [1.29, 1.82) is 0 Å². The van der Waals surface area contributed by atoms with E-state index in [4.69, 9.17) is 0 Å². The molecular formula is C12H27N3S. The minimum absolute atomic E-state index is 0.0859. The quantitative estimate of drug-likeness (QED) is 0.610. The zero-order valence-electron chi connectivity index (χ0n) is 11.7. The fourth-order valence-corrected chi connectivity index (χ4v) is 2.20. The van der Waals surface area contributed by atoms with E-state index < -0.39 is 0 Å². The van der Waals surface area contributed by atoms with Crippen molar-refractivity contribution in [3.63, 3.8) is 0 Å². The topological polar surface area (TPSA) is 28.0 Å². The highest BCUT2D eigenvalue weighted by molar-refractivity contribution is 8.00. The summed E-state index contributed by atoms with van der Waals surface area (Å²) in [7, 11) is 0. The molecule has 0 aromatic heterocycles. The van der Waals surface area contributed by atoms with Gasteiger partial charge in [0.1, 0.15) is 4.87 Å². The van der Waals surface area contributed by atoms with Crippen LogP contribution < -0.4 is 0 Å². The van der Waals surface area contributed by atoms with Gasteiger partial charge in [0.25, 0.3) is 0 Å². The number of hydrogen-bond acceptors (Lipinski definition) is 4. The normalized spacial score (nSPS) is 13.2. The number of hydrogen-bond donors (Lipinski definition) is 0. The Balaban J connectivity index is 3.90. The van der Waals surface area contributed by atoms with Gasteiger partial charge in [-0.3, -0.25) is 0 Å². The van der Waals surface area contributed by atoms with E-state index >= 15 is 0 Å². The lowest BCUT2D eigenvalue weighted by Gasteiger charge is -2.22. The molecule has 0 fully saturated rings. The van der Waals surface area contributed by atoms with Crippen LogP contribution in [0.5, 0.6) is 0 Å². The molecule has 0 spiro atoms. The SMILES string of the molecule is CCN(CC)CCSC(C)(C)N=NC(C)C. The lowest BCUT2D eigenvalue weighted by atomic mass is 10.4. The third-order valence-electron chi connectivity index (χ3n) is 2.29. The second kappa shape index (κ2) is 8.07. The van der Waals surface area contributed by atoms with Gasteiger partial charge in [-0.05, 0) is 40.8 Å². The third-order valence-corrected chi connectivity index (χ3v) is 3.46. The highest BCUT2D eigenvalue weighted by atomic mass is 32.2. The summed E-state index contributed by atoms with van der Waals surface area (Å²) in [6.07, 6.45) is 0. The van der Waals surface area contributed by atoms with Crippen LogP contribution in [0.25, 0.3) is 0 Å². The summed E-state index contributed by atoms with van der Waals surface area (Å²) in [6, 6.07) is 0.294. The van der Waals surface area contributed by atoms with Crippen molar-refractivity contribution >= 4 is 11.8 Å². The highest BCUT2D eigenvalue weighted by Crippen LogP contribution is 2.26. The molecule has 0 saturated heterocycles. The first-order valence-electron chi connectivity index (χ1n) is 6.19. The molecule has 96 valence electrons. The minimum Gasteiger partial charge on any atom is -0.303 e. The van der Waals surface area contributed by atoms with Gasteiger partial charge in [0.05, 0.1) is 6.04 Å². The van der Waals surface area contributed by atoms with Crippen molar-refractivity contribution in [2.75, 3.05) is 25.4 Å². The molecule has 0 N–H and O–H groups in total. The van der Waals surface area contributed by atoms with E-state index in [2.05, 4.69) is 56.7 Å². The molecule has 0 unspecified atom stereocenters. The van der Waals surface area contributed by atoms with Gasteiger partial charge in [-0.15, -0.1) is 11.8 Å². The van der Waals surface area contributed by atoms with Gasteiger partial charge in [0.15, 0.2) is 0 Å². The first kappa shape index (κ1) is 15.9. The van der Waals surface area contributed by atoms with Gasteiger partial charge in [-0.2, -0.15) is 10.2 Å². The molecule has 0 saturated carbocycles. The van der Waals surface area contributed by atoms with Crippen LogP contribution in [0.15, 0.2) is 10.2 Å². The smallest absolute Gasteiger partial charge is 0.121 e. The van der Waals surface area contributed by atoms with E-state index in [0.29, 0.717) is 6.04 Å². The molecule has 0 aliphatic rings. The summed E-state index contributed by atoms with van der Waals surface area (Å²) in [6.45, 7) is 16.2. The Bertz CT molecular complexity index is 198. The summed E-state index contributed by atoms with van der Waals surface area (Å²) in [5.74, 6) is 1.12. The number of azo groups is 1. The Morgan fingerprint density at radius 3 is 2.19 bits per heavy atom. The van der Waals surface area contributed by atoms with Crippen molar-refractivity contribution in [2.45, 2.75) is 52.5 Å². The number of rotatable bonds is 8. The van der Waals surface area contributed by atoms with E-state index in [0.717, 1.165) is 25.4 Å². The number of nitrogens with zero attached hydrogens (tertiary/aromatic N) is 3. The van der Waals surface area contributed by atoms with Gasteiger partial charge in [0, 0.05) is 12.3 Å². The average molecular weight is 245 g/mol. The summed E-state index contributed by atoms with van der Waals surface area (Å²) in [5, 5.41) is 8.60. The van der Waals surface area contributed by atoms with E-state index in [1.54, 1.807) is 0 Å². The van der Waals surface area contributed by atoms with Crippen molar-refractivity contribution in [1.82, 2.24) is 4.90 Å². The molecule has 3 nitrogen and oxygen atoms in total. The minimum atomic E-state index is -0.0859. The standard InChI is InChI=1S/C12H27N3S/c1-7-15(8-2)9-10-16-12(5,6)14-13-11(3)4/h11H,7-10H2,1-6H3. The van der Waals surface area contributed by atoms with Gasteiger partial charge in [0.2, 0.25) is 0 Å². The molecule has 0 heterocycles. The van der Waals surface area contributed by atoms with Crippen LogP contribution in [0, 0.1) is 0 Å². The molecule has 0 atom stereocenters. The van der Waals surface area contributed by atoms with Crippen molar-refractivity contribution in [3.8, 4) is 0 Å². The lowest BCUT2D eigenvalue weighted by molar-refractivity contribution is 0.323. The molecule has 0 rings (SSSR count). The fourth-order valence-electron chi connectivity index (χ4n) is 1.25. The van der Waals surface area contributed by atoms with Crippen LogP contribution in [0.2, 0.25) is 0 Å². The molecular weight excluding hydrogens is 218 g/mol. The summed E-state index contributed by atoms with van der Waals surface area (Å²) in [4.78, 5) is 2.35. The summed E-state index contributed by atoms with van der Waals surface area (Å²) in [5.41, 5.74) is 0. The van der Waals surface area contributed by atoms with Crippen LogP contribution in [-0.2, 0) is 0 Å². The summed E-state index contributed by atoms with van der Waals surface area (Å²) < 4.78 is 0. The van der Waals surface area contributed by atoms with Crippen molar-refractivity contribution in [3.05, 3.63) is 0 Å². The Kier molecular flexibility index (Phi) is 8.02. The molecule has 4 heteroatoms. The van der Waals surface area contributed by atoms with E-state index in [1.165, 1.54) is 0 Å².